The normalized spacial score (nSPS) is 10.9. The van der Waals surface area contributed by atoms with E-state index >= 15 is 0 Å². The smallest absolute Gasteiger partial charge is 0.265 e. The van der Waals surface area contributed by atoms with E-state index < -0.39 is 23.0 Å². The summed E-state index contributed by atoms with van der Waals surface area (Å²) in [6, 6.07) is 0. The maximum Gasteiger partial charge on any atom is 0.265 e. The molecule has 0 saturated heterocycles. The van der Waals surface area contributed by atoms with E-state index in [9.17, 15) is 13.2 Å². The van der Waals surface area contributed by atoms with Crippen LogP contribution in [-0.4, -0.2) is 4.98 Å². The fraction of sp³-hybridized carbons (Fsp3) is 0.286. The molecule has 0 aliphatic carbocycles. The van der Waals surface area contributed by atoms with Gasteiger partial charge in [0.2, 0.25) is 0 Å². The molecule has 0 spiro atoms. The van der Waals surface area contributed by atoms with Crippen LogP contribution in [0.25, 0.3) is 0 Å². The lowest BCUT2D eigenvalue weighted by Gasteiger charge is -2.07. The Labute approximate surface area is 77.5 Å². The zero-order chi connectivity index (χ0) is 10.0. The molecule has 0 aromatic carbocycles. The molecular formula is C7H6ClF3N2. The number of rotatable bonds is 2. The number of pyridine rings is 1. The molecule has 1 rings (SSSR count). The van der Waals surface area contributed by atoms with Crippen LogP contribution >= 0.6 is 11.6 Å². The first-order chi connectivity index (χ1) is 6.07. The van der Waals surface area contributed by atoms with Gasteiger partial charge in [-0.25, -0.2) is 18.2 Å². The van der Waals surface area contributed by atoms with Gasteiger partial charge in [-0.15, -0.1) is 0 Å². The molecule has 13 heavy (non-hydrogen) atoms. The molecule has 0 unspecified atom stereocenters. The summed E-state index contributed by atoms with van der Waals surface area (Å²) in [6.45, 7) is -0.326. The van der Waals surface area contributed by atoms with Gasteiger partial charge < -0.3 is 5.73 Å². The van der Waals surface area contributed by atoms with Gasteiger partial charge in [0.1, 0.15) is 0 Å². The second-order valence-corrected chi connectivity index (χ2v) is 2.66. The van der Waals surface area contributed by atoms with Crippen molar-refractivity contribution in [2.75, 3.05) is 0 Å². The van der Waals surface area contributed by atoms with Crippen molar-refractivity contribution < 1.29 is 13.2 Å². The van der Waals surface area contributed by atoms with Gasteiger partial charge in [0.25, 0.3) is 6.43 Å². The molecule has 72 valence electrons. The minimum atomic E-state index is -2.79. The molecule has 0 aliphatic rings. The average molecular weight is 211 g/mol. The van der Waals surface area contributed by atoms with Crippen LogP contribution in [0.3, 0.4) is 0 Å². The van der Waals surface area contributed by atoms with Crippen LogP contribution in [0.15, 0.2) is 6.20 Å². The van der Waals surface area contributed by atoms with E-state index in [0.717, 1.165) is 6.20 Å². The first-order valence-corrected chi connectivity index (χ1v) is 3.76. The largest absolute Gasteiger partial charge is 0.326 e. The van der Waals surface area contributed by atoms with E-state index in [0.29, 0.717) is 0 Å². The number of aromatic nitrogens is 1. The Balaban J connectivity index is 3.30. The van der Waals surface area contributed by atoms with Crippen LogP contribution < -0.4 is 5.73 Å². The number of nitrogens with two attached hydrogens (primary N) is 1. The van der Waals surface area contributed by atoms with E-state index in [1.807, 2.05) is 0 Å². The summed E-state index contributed by atoms with van der Waals surface area (Å²) in [7, 11) is 0. The highest BCUT2D eigenvalue weighted by atomic mass is 35.5. The van der Waals surface area contributed by atoms with Crippen LogP contribution in [-0.2, 0) is 6.54 Å². The van der Waals surface area contributed by atoms with E-state index in [-0.39, 0.29) is 12.1 Å². The third-order valence-electron chi connectivity index (χ3n) is 1.55. The molecule has 0 bridgehead atoms. The molecule has 2 nitrogen and oxygen atoms in total. The highest BCUT2D eigenvalue weighted by Crippen LogP contribution is 2.26. The molecule has 0 atom stereocenters. The molecular weight excluding hydrogens is 205 g/mol. The van der Waals surface area contributed by atoms with E-state index in [1.54, 1.807) is 0 Å². The summed E-state index contributed by atoms with van der Waals surface area (Å²) in [5.74, 6) is -0.970. The van der Waals surface area contributed by atoms with Gasteiger partial charge >= 0.3 is 0 Å². The molecule has 0 saturated carbocycles. The van der Waals surface area contributed by atoms with Gasteiger partial charge in [-0.3, -0.25) is 0 Å². The van der Waals surface area contributed by atoms with Crippen molar-refractivity contribution in [3.8, 4) is 0 Å². The third kappa shape index (κ3) is 1.92. The predicted octanol–water partition coefficient (Wildman–Crippen LogP) is 2.27. The van der Waals surface area contributed by atoms with Crippen LogP contribution in [0.1, 0.15) is 17.6 Å². The highest BCUT2D eigenvalue weighted by Gasteiger charge is 2.18. The Morgan fingerprint density at radius 1 is 1.54 bits per heavy atom. The fourth-order valence-corrected chi connectivity index (χ4v) is 1.07. The molecule has 1 aromatic heterocycles. The summed E-state index contributed by atoms with van der Waals surface area (Å²) in [6.07, 6.45) is -1.96. The zero-order valence-electron chi connectivity index (χ0n) is 6.40. The third-order valence-corrected chi connectivity index (χ3v) is 1.81. The molecule has 1 heterocycles. The lowest BCUT2D eigenvalue weighted by atomic mass is 10.1. The number of nitrogens with zero attached hydrogens (tertiary/aromatic N) is 1. The van der Waals surface area contributed by atoms with Crippen molar-refractivity contribution in [2.24, 2.45) is 5.73 Å². The lowest BCUT2D eigenvalue weighted by Crippen LogP contribution is -2.06. The molecule has 0 aliphatic heterocycles. The van der Waals surface area contributed by atoms with Crippen molar-refractivity contribution in [1.29, 1.82) is 0 Å². The second kappa shape index (κ2) is 3.93. The number of hydrogen-bond acceptors (Lipinski definition) is 2. The van der Waals surface area contributed by atoms with Gasteiger partial charge in [-0.1, -0.05) is 11.6 Å². The lowest BCUT2D eigenvalue weighted by molar-refractivity contribution is 0.149. The standard InChI is InChI=1S/C7H6ClF3N2/c8-6-5(9)3(1-12)4(2-13-6)7(10)11/h2,7H,1,12H2. The van der Waals surface area contributed by atoms with E-state index in [4.69, 9.17) is 17.3 Å². The second-order valence-electron chi connectivity index (χ2n) is 2.30. The monoisotopic (exact) mass is 210 g/mol. The number of hydrogen-bond donors (Lipinski definition) is 1. The first-order valence-electron chi connectivity index (χ1n) is 3.39. The summed E-state index contributed by atoms with van der Waals surface area (Å²) >= 11 is 5.28. The van der Waals surface area contributed by atoms with Gasteiger partial charge in [0, 0.05) is 23.9 Å². The average Bonchev–Trinajstić information content (AvgIpc) is 2.09. The fourth-order valence-electron chi connectivity index (χ4n) is 0.908. The first kappa shape index (κ1) is 10.3. The van der Waals surface area contributed by atoms with Gasteiger partial charge in [-0.2, -0.15) is 0 Å². The Kier molecular flexibility index (Phi) is 3.11. The van der Waals surface area contributed by atoms with Crippen molar-refractivity contribution in [2.45, 2.75) is 13.0 Å². The Morgan fingerprint density at radius 2 is 2.15 bits per heavy atom. The van der Waals surface area contributed by atoms with Crippen LogP contribution in [0.5, 0.6) is 0 Å². The molecule has 0 fully saturated rings. The number of halogens is 4. The van der Waals surface area contributed by atoms with Gasteiger partial charge in [0.05, 0.1) is 0 Å². The van der Waals surface area contributed by atoms with Crippen molar-refractivity contribution in [3.05, 3.63) is 28.3 Å². The molecule has 6 heteroatoms. The maximum atomic E-state index is 13.0. The summed E-state index contributed by atoms with van der Waals surface area (Å²) in [5, 5.41) is -0.440. The Morgan fingerprint density at radius 3 is 2.62 bits per heavy atom. The minimum Gasteiger partial charge on any atom is -0.326 e. The number of alkyl halides is 2. The van der Waals surface area contributed by atoms with E-state index in [1.165, 1.54) is 0 Å². The zero-order valence-corrected chi connectivity index (χ0v) is 7.15. The maximum absolute atomic E-state index is 13.0. The van der Waals surface area contributed by atoms with Crippen molar-refractivity contribution in [3.63, 3.8) is 0 Å². The topological polar surface area (TPSA) is 38.9 Å². The highest BCUT2D eigenvalue weighted by molar-refractivity contribution is 6.29. The Bertz CT molecular complexity index is 317. The molecule has 1 aromatic rings. The van der Waals surface area contributed by atoms with E-state index in [2.05, 4.69) is 4.98 Å². The summed E-state index contributed by atoms with van der Waals surface area (Å²) < 4.78 is 37.5. The quantitative estimate of drug-likeness (QED) is 0.761. The van der Waals surface area contributed by atoms with Crippen molar-refractivity contribution in [1.82, 2.24) is 4.98 Å². The van der Waals surface area contributed by atoms with Crippen LogP contribution in [0.4, 0.5) is 13.2 Å². The van der Waals surface area contributed by atoms with Gasteiger partial charge in [-0.05, 0) is 0 Å². The molecule has 0 radical (unpaired) electrons. The van der Waals surface area contributed by atoms with Crippen LogP contribution in [0, 0.1) is 5.82 Å². The SMILES string of the molecule is NCc1c(C(F)F)cnc(Cl)c1F. The summed E-state index contributed by atoms with van der Waals surface area (Å²) in [5.41, 5.74) is 4.31. The molecule has 0 amide bonds. The molecule has 2 N–H and O–H groups in total. The van der Waals surface area contributed by atoms with Crippen LogP contribution in [0.2, 0.25) is 5.15 Å². The van der Waals surface area contributed by atoms with Crippen molar-refractivity contribution >= 4 is 11.6 Å². The van der Waals surface area contributed by atoms with Gasteiger partial charge in [0.15, 0.2) is 11.0 Å². The minimum absolute atomic E-state index is 0.282. The predicted molar refractivity (Wildman–Crippen MR) is 42.1 cm³/mol. The Hall–Kier alpha value is -0.810. The summed E-state index contributed by atoms with van der Waals surface area (Å²) in [4.78, 5) is 3.26.